The number of carbonyl (C=O) groups excluding carboxylic acids is 1. The van der Waals surface area contributed by atoms with Gasteiger partial charge in [0.1, 0.15) is 4.90 Å². The molecular weight excluding hydrogens is 483 g/mol. The lowest BCUT2D eigenvalue weighted by molar-refractivity contribution is 0.0955. The summed E-state index contributed by atoms with van der Waals surface area (Å²) in [5.74, 6) is -0.440. The molecule has 4 aromatic carbocycles. The topological polar surface area (TPSA) is 84.8 Å². The largest absolute Gasteiger partial charge is 0.378 e. The van der Waals surface area contributed by atoms with E-state index < -0.39 is 16.0 Å². The van der Waals surface area contributed by atoms with Gasteiger partial charge in [0.2, 0.25) is 0 Å². The van der Waals surface area contributed by atoms with Crippen molar-refractivity contribution in [1.82, 2.24) is 5.43 Å². The van der Waals surface area contributed by atoms with Gasteiger partial charge in [0, 0.05) is 11.1 Å². The standard InChI is InChI=1S/C24H16Cl2N2O4S/c25-21-12-10-18(14-22(21)26)24(29)28-27-15-19-7-3-4-8-23(19)32-33(30,31)20-11-9-16-5-1-2-6-17(16)13-20/h1-15H,(H,28,29)/b27-15-. The van der Waals surface area contributed by atoms with Crippen molar-refractivity contribution in [1.29, 1.82) is 0 Å². The number of rotatable bonds is 6. The number of hydrazone groups is 1. The van der Waals surface area contributed by atoms with Gasteiger partial charge >= 0.3 is 10.1 Å². The van der Waals surface area contributed by atoms with Crippen molar-refractivity contribution in [3.8, 4) is 5.75 Å². The molecule has 9 heteroatoms. The molecule has 0 aliphatic carbocycles. The fraction of sp³-hybridized carbons (Fsp3) is 0. The quantitative estimate of drug-likeness (QED) is 0.210. The molecule has 0 heterocycles. The molecule has 0 aliphatic rings. The highest BCUT2D eigenvalue weighted by atomic mass is 35.5. The molecule has 0 atom stereocenters. The minimum atomic E-state index is -4.10. The molecule has 1 N–H and O–H groups in total. The second kappa shape index (κ2) is 9.62. The fourth-order valence-electron chi connectivity index (χ4n) is 3.01. The summed E-state index contributed by atoms with van der Waals surface area (Å²) in [5.41, 5.74) is 2.99. The number of fused-ring (bicyclic) bond motifs is 1. The summed E-state index contributed by atoms with van der Waals surface area (Å²) in [7, 11) is -4.10. The fourth-order valence-corrected chi connectivity index (χ4v) is 4.30. The molecular formula is C24H16Cl2N2O4S. The number of carbonyl (C=O) groups is 1. The Kier molecular flexibility index (Phi) is 6.65. The molecule has 4 rings (SSSR count). The van der Waals surface area contributed by atoms with Gasteiger partial charge in [-0.25, -0.2) is 5.43 Å². The zero-order valence-corrected chi connectivity index (χ0v) is 19.2. The van der Waals surface area contributed by atoms with Crippen LogP contribution in [-0.2, 0) is 10.1 Å². The summed E-state index contributed by atoms with van der Waals surface area (Å²) < 4.78 is 31.1. The van der Waals surface area contributed by atoms with E-state index in [9.17, 15) is 13.2 Å². The number of nitrogens with zero attached hydrogens (tertiary/aromatic N) is 1. The minimum absolute atomic E-state index is 0.0286. The van der Waals surface area contributed by atoms with Crippen LogP contribution in [0.5, 0.6) is 5.75 Å². The predicted molar refractivity (Wildman–Crippen MR) is 130 cm³/mol. The van der Waals surface area contributed by atoms with E-state index in [4.69, 9.17) is 27.4 Å². The number of hydrogen-bond donors (Lipinski definition) is 1. The second-order valence-corrected chi connectivity index (χ2v) is 9.27. The van der Waals surface area contributed by atoms with E-state index in [2.05, 4.69) is 10.5 Å². The average molecular weight is 499 g/mol. The second-order valence-electron chi connectivity index (χ2n) is 6.91. The van der Waals surface area contributed by atoms with Crippen molar-refractivity contribution in [2.45, 2.75) is 4.90 Å². The van der Waals surface area contributed by atoms with Crippen LogP contribution < -0.4 is 9.61 Å². The van der Waals surface area contributed by atoms with Gasteiger partial charge in [-0.1, -0.05) is 65.7 Å². The van der Waals surface area contributed by atoms with E-state index in [0.29, 0.717) is 10.6 Å². The Morgan fingerprint density at radius 2 is 1.58 bits per heavy atom. The van der Waals surface area contributed by atoms with Crippen molar-refractivity contribution in [3.05, 3.63) is 106 Å². The molecule has 0 radical (unpaired) electrons. The third-order valence-electron chi connectivity index (χ3n) is 4.68. The first-order chi connectivity index (χ1) is 15.8. The third kappa shape index (κ3) is 5.34. The zero-order valence-electron chi connectivity index (χ0n) is 16.9. The highest BCUT2D eigenvalue weighted by Gasteiger charge is 2.18. The van der Waals surface area contributed by atoms with Crippen LogP contribution in [0.1, 0.15) is 15.9 Å². The number of halogens is 2. The van der Waals surface area contributed by atoms with Crippen molar-refractivity contribution in [2.75, 3.05) is 0 Å². The SMILES string of the molecule is O=C(N/N=C\c1ccccc1OS(=O)(=O)c1ccc2ccccc2c1)c1ccc(Cl)c(Cl)c1. The highest BCUT2D eigenvalue weighted by molar-refractivity contribution is 7.87. The number of para-hydroxylation sites is 1. The van der Waals surface area contributed by atoms with Gasteiger partial charge in [0.25, 0.3) is 5.91 Å². The molecule has 1 amide bonds. The summed E-state index contributed by atoms with van der Waals surface area (Å²) in [5, 5.41) is 6.17. The van der Waals surface area contributed by atoms with Crippen LogP contribution in [0.3, 0.4) is 0 Å². The van der Waals surface area contributed by atoms with Gasteiger partial charge in [-0.2, -0.15) is 13.5 Å². The molecule has 0 aromatic heterocycles. The maximum atomic E-state index is 12.9. The van der Waals surface area contributed by atoms with E-state index in [0.717, 1.165) is 10.8 Å². The lowest BCUT2D eigenvalue weighted by atomic mass is 10.1. The van der Waals surface area contributed by atoms with E-state index >= 15 is 0 Å². The zero-order chi connectivity index (χ0) is 23.4. The summed E-state index contributed by atoms with van der Waals surface area (Å²) in [6, 6.07) is 23.1. The molecule has 166 valence electrons. The van der Waals surface area contributed by atoms with Crippen LogP contribution >= 0.6 is 23.2 Å². The molecule has 0 fully saturated rings. The molecule has 0 unspecified atom stereocenters. The van der Waals surface area contributed by atoms with Crippen LogP contribution in [-0.4, -0.2) is 20.5 Å². The van der Waals surface area contributed by atoms with Crippen molar-refractivity contribution < 1.29 is 17.4 Å². The summed E-state index contributed by atoms with van der Waals surface area (Å²) in [6.45, 7) is 0. The Morgan fingerprint density at radius 1 is 0.848 bits per heavy atom. The van der Waals surface area contributed by atoms with Crippen molar-refractivity contribution in [2.24, 2.45) is 5.10 Å². The molecule has 0 aliphatic heterocycles. The van der Waals surface area contributed by atoms with Crippen LogP contribution in [0.4, 0.5) is 0 Å². The maximum absolute atomic E-state index is 12.9. The van der Waals surface area contributed by atoms with Crippen LogP contribution in [0.15, 0.2) is 94.9 Å². The molecule has 0 spiro atoms. The molecule has 0 saturated carbocycles. The van der Waals surface area contributed by atoms with Gasteiger partial charge in [-0.3, -0.25) is 4.79 Å². The maximum Gasteiger partial charge on any atom is 0.339 e. The van der Waals surface area contributed by atoms with Gasteiger partial charge in [-0.15, -0.1) is 0 Å². The average Bonchev–Trinajstić information content (AvgIpc) is 2.81. The van der Waals surface area contributed by atoms with Crippen molar-refractivity contribution >= 4 is 56.2 Å². The molecule has 0 saturated heterocycles. The van der Waals surface area contributed by atoms with Gasteiger partial charge in [0.05, 0.1) is 16.3 Å². The first-order valence-corrected chi connectivity index (χ1v) is 11.8. The summed E-state index contributed by atoms with van der Waals surface area (Å²) >= 11 is 11.8. The Morgan fingerprint density at radius 3 is 2.36 bits per heavy atom. The van der Waals surface area contributed by atoms with E-state index in [-0.39, 0.29) is 21.2 Å². The van der Waals surface area contributed by atoms with E-state index in [1.165, 1.54) is 36.5 Å². The lowest BCUT2D eigenvalue weighted by Crippen LogP contribution is -2.17. The van der Waals surface area contributed by atoms with E-state index in [1.807, 2.05) is 24.3 Å². The third-order valence-corrected chi connectivity index (χ3v) is 6.65. The van der Waals surface area contributed by atoms with Gasteiger partial charge in [0.15, 0.2) is 5.75 Å². The Balaban J connectivity index is 1.53. The van der Waals surface area contributed by atoms with Crippen LogP contribution in [0, 0.1) is 0 Å². The number of amides is 1. The summed E-state index contributed by atoms with van der Waals surface area (Å²) in [4.78, 5) is 12.3. The molecule has 33 heavy (non-hydrogen) atoms. The smallest absolute Gasteiger partial charge is 0.339 e. The minimum Gasteiger partial charge on any atom is -0.378 e. The number of hydrogen-bond acceptors (Lipinski definition) is 5. The number of benzene rings is 4. The van der Waals surface area contributed by atoms with Crippen LogP contribution in [0.25, 0.3) is 10.8 Å². The predicted octanol–water partition coefficient (Wildman–Crippen LogP) is 5.68. The Bertz CT molecular complexity index is 1490. The normalized spacial score (nSPS) is 11.6. The van der Waals surface area contributed by atoms with E-state index in [1.54, 1.807) is 30.3 Å². The van der Waals surface area contributed by atoms with Crippen molar-refractivity contribution in [3.63, 3.8) is 0 Å². The number of nitrogens with one attached hydrogen (secondary N) is 1. The molecule has 6 nitrogen and oxygen atoms in total. The Hall–Kier alpha value is -3.39. The van der Waals surface area contributed by atoms with Gasteiger partial charge < -0.3 is 4.18 Å². The Labute approximate surface area is 200 Å². The first-order valence-electron chi connectivity index (χ1n) is 9.64. The van der Waals surface area contributed by atoms with Crippen LogP contribution in [0.2, 0.25) is 10.0 Å². The lowest BCUT2D eigenvalue weighted by Gasteiger charge is -2.10. The monoisotopic (exact) mass is 498 g/mol. The molecule has 4 aromatic rings. The highest BCUT2D eigenvalue weighted by Crippen LogP contribution is 2.25. The first kappa shape index (κ1) is 22.8. The van der Waals surface area contributed by atoms with Gasteiger partial charge in [-0.05, 0) is 53.2 Å². The molecule has 0 bridgehead atoms. The summed E-state index contributed by atoms with van der Waals surface area (Å²) in [6.07, 6.45) is 1.29.